The number of nitrogens with zero attached hydrogens (tertiary/aromatic N) is 1. The van der Waals surface area contributed by atoms with Crippen molar-refractivity contribution in [2.24, 2.45) is 0 Å². The molecule has 96 valence electrons. The average Bonchev–Trinajstić information content (AvgIpc) is 2.41. The number of Topliss-reactive ketones (excluding diaryl/α,β-unsaturated/α-hetero) is 1. The van der Waals surface area contributed by atoms with Crippen molar-refractivity contribution < 1.29 is 9.72 Å². The average molecular weight is 256 g/mol. The minimum Gasteiger partial charge on any atom is -0.399 e. The number of hydrogen-bond donors (Lipinski definition) is 1. The van der Waals surface area contributed by atoms with E-state index in [4.69, 9.17) is 5.73 Å². The van der Waals surface area contributed by atoms with Crippen LogP contribution in [0.4, 0.5) is 11.4 Å². The van der Waals surface area contributed by atoms with Crippen molar-refractivity contribution in [1.29, 1.82) is 0 Å². The Bertz CT molecular complexity index is 604. The number of hydrogen-bond acceptors (Lipinski definition) is 4. The molecule has 0 saturated heterocycles. The van der Waals surface area contributed by atoms with E-state index in [0.29, 0.717) is 11.3 Å². The molecule has 19 heavy (non-hydrogen) atoms. The fraction of sp³-hybridized carbons (Fsp3) is 0.0714. The molecule has 2 aromatic carbocycles. The van der Waals surface area contributed by atoms with Gasteiger partial charge in [-0.25, -0.2) is 0 Å². The second-order valence-corrected chi connectivity index (χ2v) is 4.15. The van der Waals surface area contributed by atoms with Crippen molar-refractivity contribution in [2.45, 2.75) is 6.42 Å². The highest BCUT2D eigenvalue weighted by Gasteiger charge is 2.10. The van der Waals surface area contributed by atoms with Gasteiger partial charge in [0.15, 0.2) is 5.78 Å². The number of nitro groups is 1. The van der Waals surface area contributed by atoms with Crippen molar-refractivity contribution in [3.63, 3.8) is 0 Å². The van der Waals surface area contributed by atoms with Gasteiger partial charge in [-0.15, -0.1) is 0 Å². The van der Waals surface area contributed by atoms with E-state index in [1.54, 1.807) is 24.3 Å². The summed E-state index contributed by atoms with van der Waals surface area (Å²) in [5.41, 5.74) is 7.51. The van der Waals surface area contributed by atoms with E-state index in [1.165, 1.54) is 24.3 Å². The molecule has 0 atom stereocenters. The van der Waals surface area contributed by atoms with Crippen molar-refractivity contribution >= 4 is 17.2 Å². The lowest BCUT2D eigenvalue weighted by Gasteiger charge is -2.02. The third-order valence-electron chi connectivity index (χ3n) is 2.74. The molecule has 0 aliphatic heterocycles. The Labute approximate surface area is 109 Å². The summed E-state index contributed by atoms with van der Waals surface area (Å²) in [5, 5.41) is 10.5. The Morgan fingerprint density at radius 1 is 1.05 bits per heavy atom. The molecule has 0 radical (unpaired) electrons. The Morgan fingerprint density at radius 3 is 2.16 bits per heavy atom. The van der Waals surface area contributed by atoms with Gasteiger partial charge in [-0.05, 0) is 29.8 Å². The van der Waals surface area contributed by atoms with E-state index >= 15 is 0 Å². The van der Waals surface area contributed by atoms with Crippen LogP contribution in [0.15, 0.2) is 48.5 Å². The number of nitrogen functional groups attached to an aromatic ring is 1. The SMILES string of the molecule is Nc1ccc(CC(=O)c2ccc([N+](=O)[O-])cc2)cc1. The minimum absolute atomic E-state index is 0.0240. The smallest absolute Gasteiger partial charge is 0.269 e. The molecule has 0 aromatic heterocycles. The van der Waals surface area contributed by atoms with Gasteiger partial charge < -0.3 is 5.73 Å². The van der Waals surface area contributed by atoms with E-state index in [1.807, 2.05) is 0 Å². The molecule has 0 fully saturated rings. The van der Waals surface area contributed by atoms with Crippen LogP contribution in [0.2, 0.25) is 0 Å². The van der Waals surface area contributed by atoms with Gasteiger partial charge in [-0.3, -0.25) is 14.9 Å². The molecule has 2 rings (SSSR count). The second kappa shape index (κ2) is 5.30. The summed E-state index contributed by atoms with van der Waals surface area (Å²) in [5.74, 6) is -0.0836. The van der Waals surface area contributed by atoms with E-state index < -0.39 is 4.92 Å². The quantitative estimate of drug-likeness (QED) is 0.394. The first-order valence-corrected chi connectivity index (χ1v) is 5.68. The van der Waals surface area contributed by atoms with E-state index in [9.17, 15) is 14.9 Å². The van der Waals surface area contributed by atoms with Crippen LogP contribution < -0.4 is 5.73 Å². The van der Waals surface area contributed by atoms with Crippen molar-refractivity contribution in [3.8, 4) is 0 Å². The Balaban J connectivity index is 2.11. The Hall–Kier alpha value is -2.69. The predicted molar refractivity (Wildman–Crippen MR) is 72.0 cm³/mol. The number of carbonyl (C=O) groups excluding carboxylic acids is 1. The van der Waals surface area contributed by atoms with Crippen molar-refractivity contribution in [2.75, 3.05) is 5.73 Å². The summed E-state index contributed by atoms with van der Waals surface area (Å²) >= 11 is 0. The summed E-state index contributed by atoms with van der Waals surface area (Å²) < 4.78 is 0. The maximum Gasteiger partial charge on any atom is 0.269 e. The molecule has 5 heteroatoms. The van der Waals surface area contributed by atoms with Crippen LogP contribution in [0.3, 0.4) is 0 Å². The third kappa shape index (κ3) is 3.16. The van der Waals surface area contributed by atoms with Gasteiger partial charge >= 0.3 is 0 Å². The monoisotopic (exact) mass is 256 g/mol. The number of nitrogens with two attached hydrogens (primary N) is 1. The number of non-ortho nitro benzene ring substituents is 1. The second-order valence-electron chi connectivity index (χ2n) is 4.15. The molecule has 0 saturated carbocycles. The van der Waals surface area contributed by atoms with Crippen LogP contribution in [0, 0.1) is 10.1 Å². The van der Waals surface area contributed by atoms with Gasteiger partial charge in [0, 0.05) is 29.8 Å². The lowest BCUT2D eigenvalue weighted by molar-refractivity contribution is -0.384. The van der Waals surface area contributed by atoms with Crippen LogP contribution in [0.1, 0.15) is 15.9 Å². The number of ketones is 1. The molecular formula is C14H12N2O3. The van der Waals surface area contributed by atoms with Crippen LogP contribution >= 0.6 is 0 Å². The molecule has 2 aromatic rings. The maximum absolute atomic E-state index is 12.0. The Kier molecular flexibility index (Phi) is 3.56. The zero-order valence-electron chi connectivity index (χ0n) is 10.1. The molecule has 0 bridgehead atoms. The lowest BCUT2D eigenvalue weighted by atomic mass is 10.0. The third-order valence-corrected chi connectivity index (χ3v) is 2.74. The van der Waals surface area contributed by atoms with Gasteiger partial charge in [0.25, 0.3) is 5.69 Å². The van der Waals surface area contributed by atoms with Gasteiger partial charge in [-0.1, -0.05) is 12.1 Å². The zero-order valence-corrected chi connectivity index (χ0v) is 10.1. The normalized spacial score (nSPS) is 10.1. The minimum atomic E-state index is -0.492. The molecule has 0 heterocycles. The standard InChI is InChI=1S/C14H12N2O3/c15-12-5-1-10(2-6-12)9-14(17)11-3-7-13(8-4-11)16(18)19/h1-8H,9,15H2. The number of nitro benzene ring substituents is 1. The highest BCUT2D eigenvalue weighted by atomic mass is 16.6. The Morgan fingerprint density at radius 2 is 1.63 bits per heavy atom. The summed E-state index contributed by atoms with van der Waals surface area (Å²) in [7, 11) is 0. The summed E-state index contributed by atoms with van der Waals surface area (Å²) in [6, 6.07) is 12.6. The fourth-order valence-electron chi connectivity index (χ4n) is 1.69. The lowest BCUT2D eigenvalue weighted by Crippen LogP contribution is -2.03. The first kappa shape index (κ1) is 12.8. The van der Waals surface area contributed by atoms with E-state index in [-0.39, 0.29) is 17.9 Å². The number of rotatable bonds is 4. The molecule has 0 aliphatic rings. The van der Waals surface area contributed by atoms with Gasteiger partial charge in [0.1, 0.15) is 0 Å². The number of benzene rings is 2. The van der Waals surface area contributed by atoms with Crippen molar-refractivity contribution in [3.05, 3.63) is 69.8 Å². The topological polar surface area (TPSA) is 86.2 Å². The van der Waals surface area contributed by atoms with Gasteiger partial charge in [-0.2, -0.15) is 0 Å². The summed E-state index contributed by atoms with van der Waals surface area (Å²) in [6.45, 7) is 0. The van der Waals surface area contributed by atoms with Crippen LogP contribution in [-0.2, 0) is 6.42 Å². The van der Waals surface area contributed by atoms with Crippen molar-refractivity contribution in [1.82, 2.24) is 0 Å². The van der Waals surface area contributed by atoms with Gasteiger partial charge in [0.2, 0.25) is 0 Å². The highest BCUT2D eigenvalue weighted by molar-refractivity contribution is 5.97. The number of carbonyl (C=O) groups is 1. The van der Waals surface area contributed by atoms with Crippen LogP contribution in [0.5, 0.6) is 0 Å². The fourth-order valence-corrected chi connectivity index (χ4v) is 1.69. The maximum atomic E-state index is 12.0. The molecule has 0 aliphatic carbocycles. The predicted octanol–water partition coefficient (Wildman–Crippen LogP) is 2.60. The summed E-state index contributed by atoms with van der Waals surface area (Å²) in [6.07, 6.45) is 0.248. The molecule has 0 unspecified atom stereocenters. The highest BCUT2D eigenvalue weighted by Crippen LogP contribution is 2.14. The number of anilines is 1. The van der Waals surface area contributed by atoms with E-state index in [0.717, 1.165) is 5.56 Å². The first-order valence-electron chi connectivity index (χ1n) is 5.68. The molecule has 2 N–H and O–H groups in total. The molecule has 5 nitrogen and oxygen atoms in total. The van der Waals surface area contributed by atoms with Crippen LogP contribution in [0.25, 0.3) is 0 Å². The zero-order chi connectivity index (χ0) is 13.8. The molecule has 0 spiro atoms. The van der Waals surface area contributed by atoms with E-state index in [2.05, 4.69) is 0 Å². The summed E-state index contributed by atoms with van der Waals surface area (Å²) in [4.78, 5) is 22.0. The largest absolute Gasteiger partial charge is 0.399 e. The molecule has 0 amide bonds. The van der Waals surface area contributed by atoms with Crippen LogP contribution in [-0.4, -0.2) is 10.7 Å². The first-order chi connectivity index (χ1) is 9.06. The van der Waals surface area contributed by atoms with Gasteiger partial charge in [0.05, 0.1) is 4.92 Å². The molecular weight excluding hydrogens is 244 g/mol.